The minimum Gasteiger partial charge on any atom is -0.344 e. The summed E-state index contributed by atoms with van der Waals surface area (Å²) in [4.78, 5) is 24.9. The number of carbonyl (C=O) groups is 2. The molecule has 1 aliphatic rings. The lowest BCUT2D eigenvalue weighted by Crippen LogP contribution is -2.46. The molecular weight excluding hydrogens is 311 g/mol. The van der Waals surface area contributed by atoms with Crippen LogP contribution < -0.4 is 10.6 Å². The van der Waals surface area contributed by atoms with Crippen LogP contribution in [0.5, 0.6) is 0 Å². The number of hydrogen-bond acceptors (Lipinski definition) is 3. The zero-order valence-corrected chi connectivity index (χ0v) is 12.6. The highest BCUT2D eigenvalue weighted by molar-refractivity contribution is 5.89. The first-order valence-corrected chi connectivity index (χ1v) is 7.18. The molecule has 1 saturated heterocycles. The van der Waals surface area contributed by atoms with E-state index in [1.807, 2.05) is 0 Å². The Morgan fingerprint density at radius 2 is 2.00 bits per heavy atom. The quantitative estimate of drug-likeness (QED) is 0.854. The fourth-order valence-corrected chi connectivity index (χ4v) is 2.46. The van der Waals surface area contributed by atoms with Crippen molar-refractivity contribution in [2.45, 2.75) is 24.7 Å². The predicted molar refractivity (Wildman–Crippen MR) is 77.4 cm³/mol. The molecule has 0 spiro atoms. The van der Waals surface area contributed by atoms with Crippen molar-refractivity contribution in [1.29, 1.82) is 0 Å². The third-order valence-corrected chi connectivity index (χ3v) is 3.69. The molecule has 2 amide bonds. The number of likely N-dealkylation sites (N-methyl/N-ethyl adjacent to an activating group) is 1. The van der Waals surface area contributed by atoms with Crippen LogP contribution in [-0.2, 0) is 9.59 Å². The summed E-state index contributed by atoms with van der Waals surface area (Å²) in [5.41, 5.74) is 0.0319. The van der Waals surface area contributed by atoms with Gasteiger partial charge in [0.25, 0.3) is 0 Å². The molecule has 1 aromatic carbocycles. The molecule has 2 atom stereocenters. The fourth-order valence-electron chi connectivity index (χ4n) is 2.46. The summed E-state index contributed by atoms with van der Waals surface area (Å²) in [5.74, 6) is -0.863. The van der Waals surface area contributed by atoms with Crippen LogP contribution in [0, 0.1) is 0 Å². The van der Waals surface area contributed by atoms with E-state index in [2.05, 4.69) is 10.6 Å². The molecule has 1 aromatic rings. The molecule has 1 fully saturated rings. The van der Waals surface area contributed by atoms with E-state index in [-0.39, 0.29) is 11.5 Å². The van der Waals surface area contributed by atoms with Gasteiger partial charge < -0.3 is 10.2 Å². The zero-order chi connectivity index (χ0) is 17.0. The van der Waals surface area contributed by atoms with Crippen LogP contribution >= 0.6 is 0 Å². The SMILES string of the molecule is CN1CCC(NC(=O)CNC(c2ccccc2)C(F)(F)F)C1=O. The maximum Gasteiger partial charge on any atom is 0.407 e. The number of nitrogens with one attached hydrogen (secondary N) is 2. The first-order valence-electron chi connectivity index (χ1n) is 7.18. The maximum atomic E-state index is 13.1. The largest absolute Gasteiger partial charge is 0.407 e. The molecule has 0 radical (unpaired) electrons. The van der Waals surface area contributed by atoms with Crippen molar-refractivity contribution in [2.75, 3.05) is 20.1 Å². The third-order valence-electron chi connectivity index (χ3n) is 3.69. The minimum atomic E-state index is -4.52. The van der Waals surface area contributed by atoms with Crippen LogP contribution in [0.1, 0.15) is 18.0 Å². The Morgan fingerprint density at radius 1 is 1.35 bits per heavy atom. The van der Waals surface area contributed by atoms with Gasteiger partial charge in [0.1, 0.15) is 12.1 Å². The van der Waals surface area contributed by atoms with E-state index in [9.17, 15) is 22.8 Å². The summed E-state index contributed by atoms with van der Waals surface area (Å²) in [5, 5.41) is 4.67. The van der Waals surface area contributed by atoms with Crippen molar-refractivity contribution in [3.8, 4) is 0 Å². The first kappa shape index (κ1) is 17.3. The Bertz CT molecular complexity index is 563. The highest BCUT2D eigenvalue weighted by Gasteiger charge is 2.40. The molecule has 8 heteroatoms. The summed E-state index contributed by atoms with van der Waals surface area (Å²) in [7, 11) is 1.61. The summed E-state index contributed by atoms with van der Waals surface area (Å²) in [6.07, 6.45) is -4.06. The van der Waals surface area contributed by atoms with Crippen molar-refractivity contribution in [1.82, 2.24) is 15.5 Å². The molecule has 0 aromatic heterocycles. The summed E-state index contributed by atoms with van der Waals surface area (Å²) in [6, 6.07) is 4.72. The molecular formula is C15H18F3N3O2. The number of rotatable bonds is 5. The van der Waals surface area contributed by atoms with Gasteiger partial charge in [0.2, 0.25) is 11.8 Å². The number of carbonyl (C=O) groups excluding carboxylic acids is 2. The van der Waals surface area contributed by atoms with Gasteiger partial charge in [-0.2, -0.15) is 13.2 Å². The average Bonchev–Trinajstić information content (AvgIpc) is 2.79. The van der Waals surface area contributed by atoms with Crippen molar-refractivity contribution in [3.05, 3.63) is 35.9 Å². The standard InChI is InChI=1S/C15H18F3N3O2/c1-21-8-7-11(14(21)23)20-12(22)9-19-13(15(16,17)18)10-5-3-2-4-6-10/h2-6,11,13,19H,7-9H2,1H3,(H,20,22). The number of amides is 2. The Hall–Kier alpha value is -2.09. The highest BCUT2D eigenvalue weighted by atomic mass is 19.4. The summed E-state index contributed by atoms with van der Waals surface area (Å²) >= 11 is 0. The van der Waals surface area contributed by atoms with Crippen LogP contribution in [0.4, 0.5) is 13.2 Å². The van der Waals surface area contributed by atoms with E-state index in [1.54, 1.807) is 13.1 Å². The van der Waals surface area contributed by atoms with E-state index in [1.165, 1.54) is 29.2 Å². The molecule has 0 saturated carbocycles. The summed E-state index contributed by atoms with van der Waals surface area (Å²) in [6.45, 7) is -0.00103. The van der Waals surface area contributed by atoms with Crippen molar-refractivity contribution < 1.29 is 22.8 Å². The van der Waals surface area contributed by atoms with Crippen molar-refractivity contribution in [3.63, 3.8) is 0 Å². The van der Waals surface area contributed by atoms with Gasteiger partial charge in [0.05, 0.1) is 6.54 Å². The van der Waals surface area contributed by atoms with Gasteiger partial charge in [-0.3, -0.25) is 14.9 Å². The number of hydrogen-bond donors (Lipinski definition) is 2. The van der Waals surface area contributed by atoms with Gasteiger partial charge in [-0.15, -0.1) is 0 Å². The monoisotopic (exact) mass is 329 g/mol. The zero-order valence-electron chi connectivity index (χ0n) is 12.6. The first-order chi connectivity index (χ1) is 10.8. The van der Waals surface area contributed by atoms with Crippen molar-refractivity contribution in [2.24, 2.45) is 0 Å². The Labute approximate surface area is 131 Å². The van der Waals surface area contributed by atoms with Crippen LogP contribution in [-0.4, -0.2) is 49.1 Å². The van der Waals surface area contributed by atoms with Gasteiger partial charge >= 0.3 is 6.18 Å². The Kier molecular flexibility index (Phi) is 5.25. The number of likely N-dealkylation sites (tertiary alicyclic amines) is 1. The van der Waals surface area contributed by atoms with Crippen LogP contribution in [0.15, 0.2) is 30.3 Å². The van der Waals surface area contributed by atoms with E-state index in [4.69, 9.17) is 0 Å². The van der Waals surface area contributed by atoms with Crippen LogP contribution in [0.2, 0.25) is 0 Å². The van der Waals surface area contributed by atoms with Gasteiger partial charge in [-0.1, -0.05) is 30.3 Å². The molecule has 1 aliphatic heterocycles. The van der Waals surface area contributed by atoms with E-state index in [0.717, 1.165) is 0 Å². The molecule has 0 bridgehead atoms. The maximum absolute atomic E-state index is 13.1. The molecule has 1 heterocycles. The predicted octanol–water partition coefficient (Wildman–Crippen LogP) is 1.23. The minimum absolute atomic E-state index is 0.0319. The lowest BCUT2D eigenvalue weighted by molar-refractivity contribution is -0.158. The number of nitrogens with zero attached hydrogens (tertiary/aromatic N) is 1. The molecule has 5 nitrogen and oxygen atoms in total. The summed E-state index contributed by atoms with van der Waals surface area (Å²) < 4.78 is 39.4. The fraction of sp³-hybridized carbons (Fsp3) is 0.467. The second kappa shape index (κ2) is 6.99. The van der Waals surface area contributed by atoms with E-state index >= 15 is 0 Å². The second-order valence-corrected chi connectivity index (χ2v) is 5.43. The molecule has 126 valence electrons. The number of halogens is 3. The molecule has 2 N–H and O–H groups in total. The van der Waals surface area contributed by atoms with E-state index < -0.39 is 30.7 Å². The van der Waals surface area contributed by atoms with E-state index in [0.29, 0.717) is 13.0 Å². The van der Waals surface area contributed by atoms with Gasteiger partial charge in [0, 0.05) is 13.6 Å². The third kappa shape index (κ3) is 4.44. The normalized spacial score (nSPS) is 19.7. The smallest absolute Gasteiger partial charge is 0.344 e. The molecule has 2 rings (SSSR count). The highest BCUT2D eigenvalue weighted by Crippen LogP contribution is 2.32. The van der Waals surface area contributed by atoms with Crippen LogP contribution in [0.3, 0.4) is 0 Å². The average molecular weight is 329 g/mol. The number of benzene rings is 1. The second-order valence-electron chi connectivity index (χ2n) is 5.43. The van der Waals surface area contributed by atoms with Gasteiger partial charge in [-0.05, 0) is 12.0 Å². The van der Waals surface area contributed by atoms with Crippen LogP contribution in [0.25, 0.3) is 0 Å². The van der Waals surface area contributed by atoms with Gasteiger partial charge in [-0.25, -0.2) is 0 Å². The van der Waals surface area contributed by atoms with Crippen molar-refractivity contribution >= 4 is 11.8 Å². The lowest BCUT2D eigenvalue weighted by Gasteiger charge is -2.22. The molecule has 2 unspecified atom stereocenters. The topological polar surface area (TPSA) is 61.4 Å². The Morgan fingerprint density at radius 3 is 2.52 bits per heavy atom. The lowest BCUT2D eigenvalue weighted by atomic mass is 10.1. The molecule has 0 aliphatic carbocycles. The number of alkyl halides is 3. The Balaban J connectivity index is 1.94. The molecule has 23 heavy (non-hydrogen) atoms. The van der Waals surface area contributed by atoms with Gasteiger partial charge in [0.15, 0.2) is 0 Å².